The third-order valence-corrected chi connectivity index (χ3v) is 7.14. The van der Waals surface area contributed by atoms with Gasteiger partial charge in [-0.3, -0.25) is 4.68 Å². The number of aromatic nitrogens is 3. The number of benzene rings is 1. The summed E-state index contributed by atoms with van der Waals surface area (Å²) in [4.78, 5) is 16.7. The van der Waals surface area contributed by atoms with Crippen molar-refractivity contribution in [3.63, 3.8) is 0 Å². The van der Waals surface area contributed by atoms with E-state index in [1.807, 2.05) is 44.4 Å². The Bertz CT molecular complexity index is 1050. The molecule has 0 aliphatic carbocycles. The molecule has 2 aromatic heterocycles. The standard InChI is InChI=1S/C23H34N4O4Si/c1-17-19(8-11-27(23(28)29)12-15-32(3,4)5)20-16-18(6-7-21(20)24-17)30-13-14-31-22-9-10-26(2)25-22/h6-7,9-10,16,24H,8,11-15H2,1-5H3,(H,28,29). The Labute approximate surface area is 190 Å². The first-order valence-electron chi connectivity index (χ1n) is 11.0. The smallest absolute Gasteiger partial charge is 0.407 e. The second kappa shape index (κ2) is 10.1. The van der Waals surface area contributed by atoms with Crippen LogP contribution in [0.4, 0.5) is 4.79 Å². The van der Waals surface area contributed by atoms with Gasteiger partial charge in [-0.05, 0) is 43.2 Å². The van der Waals surface area contributed by atoms with Crippen LogP contribution >= 0.6 is 0 Å². The molecule has 0 saturated heterocycles. The molecule has 32 heavy (non-hydrogen) atoms. The largest absolute Gasteiger partial charge is 0.490 e. The van der Waals surface area contributed by atoms with Gasteiger partial charge in [-0.25, -0.2) is 4.79 Å². The van der Waals surface area contributed by atoms with Gasteiger partial charge in [-0.15, -0.1) is 5.10 Å². The van der Waals surface area contributed by atoms with E-state index in [9.17, 15) is 9.90 Å². The fourth-order valence-corrected chi connectivity index (χ4v) is 4.51. The molecule has 0 aliphatic heterocycles. The monoisotopic (exact) mass is 458 g/mol. The maximum Gasteiger partial charge on any atom is 0.407 e. The zero-order valence-corrected chi connectivity index (χ0v) is 20.6. The van der Waals surface area contributed by atoms with E-state index in [4.69, 9.17) is 9.47 Å². The molecule has 0 saturated carbocycles. The first-order chi connectivity index (χ1) is 15.1. The number of aryl methyl sites for hydroxylation is 2. The summed E-state index contributed by atoms with van der Waals surface area (Å²) in [6, 6.07) is 8.72. The molecule has 0 fully saturated rings. The number of ether oxygens (including phenoxy) is 2. The lowest BCUT2D eigenvalue weighted by Gasteiger charge is -2.23. The topological polar surface area (TPSA) is 92.6 Å². The van der Waals surface area contributed by atoms with Crippen LogP contribution in [-0.2, 0) is 13.5 Å². The zero-order chi connectivity index (χ0) is 23.3. The van der Waals surface area contributed by atoms with Gasteiger partial charge in [0.1, 0.15) is 19.0 Å². The minimum absolute atomic E-state index is 0.402. The van der Waals surface area contributed by atoms with E-state index < -0.39 is 14.2 Å². The summed E-state index contributed by atoms with van der Waals surface area (Å²) < 4.78 is 13.1. The molecule has 0 bridgehead atoms. The number of amides is 1. The maximum atomic E-state index is 11.7. The van der Waals surface area contributed by atoms with Gasteiger partial charge >= 0.3 is 6.09 Å². The molecular weight excluding hydrogens is 424 g/mol. The van der Waals surface area contributed by atoms with Crippen molar-refractivity contribution in [3.8, 4) is 11.6 Å². The molecular formula is C23H34N4O4Si. The van der Waals surface area contributed by atoms with Crippen molar-refractivity contribution in [3.05, 3.63) is 41.7 Å². The van der Waals surface area contributed by atoms with Crippen molar-refractivity contribution in [2.75, 3.05) is 26.3 Å². The van der Waals surface area contributed by atoms with Crippen molar-refractivity contribution >= 4 is 25.1 Å². The third kappa shape index (κ3) is 6.53. The minimum atomic E-state index is -1.30. The van der Waals surface area contributed by atoms with Crippen molar-refractivity contribution in [2.45, 2.75) is 39.0 Å². The van der Waals surface area contributed by atoms with E-state index in [-0.39, 0.29) is 0 Å². The predicted molar refractivity (Wildman–Crippen MR) is 129 cm³/mol. The van der Waals surface area contributed by atoms with Gasteiger partial charge in [0.15, 0.2) is 0 Å². The van der Waals surface area contributed by atoms with Crippen LogP contribution in [0.25, 0.3) is 10.9 Å². The Morgan fingerprint density at radius 1 is 1.19 bits per heavy atom. The highest BCUT2D eigenvalue weighted by molar-refractivity contribution is 6.76. The molecule has 174 valence electrons. The maximum absolute atomic E-state index is 11.7. The second-order valence-electron chi connectivity index (χ2n) is 9.29. The summed E-state index contributed by atoms with van der Waals surface area (Å²) in [5.74, 6) is 1.34. The molecule has 3 rings (SSSR count). The van der Waals surface area contributed by atoms with Gasteiger partial charge < -0.3 is 24.5 Å². The van der Waals surface area contributed by atoms with Gasteiger partial charge in [0, 0.05) is 57.1 Å². The van der Waals surface area contributed by atoms with E-state index in [0.29, 0.717) is 38.6 Å². The van der Waals surface area contributed by atoms with Crippen LogP contribution in [0.5, 0.6) is 11.6 Å². The SMILES string of the molecule is Cc1[nH]c2ccc(OCCOc3ccn(C)n3)cc2c1CCN(CC[Si](C)(C)C)C(=O)O. The van der Waals surface area contributed by atoms with E-state index in [1.165, 1.54) is 0 Å². The number of hydrogen-bond acceptors (Lipinski definition) is 4. The van der Waals surface area contributed by atoms with Gasteiger partial charge in [0.05, 0.1) is 0 Å². The van der Waals surface area contributed by atoms with Crippen molar-refractivity contribution < 1.29 is 19.4 Å². The predicted octanol–water partition coefficient (Wildman–Crippen LogP) is 4.53. The Morgan fingerprint density at radius 3 is 2.59 bits per heavy atom. The van der Waals surface area contributed by atoms with Crippen LogP contribution in [0, 0.1) is 6.92 Å². The molecule has 0 unspecified atom stereocenters. The first-order valence-corrected chi connectivity index (χ1v) is 14.7. The number of hydrogen-bond donors (Lipinski definition) is 2. The van der Waals surface area contributed by atoms with Gasteiger partial charge in [-0.1, -0.05) is 19.6 Å². The number of rotatable bonds is 11. The summed E-state index contributed by atoms with van der Waals surface area (Å²) in [5.41, 5.74) is 3.22. The van der Waals surface area contributed by atoms with E-state index in [1.54, 1.807) is 9.58 Å². The number of H-pyrrole nitrogens is 1. The molecule has 0 spiro atoms. The lowest BCUT2D eigenvalue weighted by Crippen LogP contribution is -2.36. The van der Waals surface area contributed by atoms with Crippen molar-refractivity contribution in [2.24, 2.45) is 7.05 Å². The van der Waals surface area contributed by atoms with Gasteiger partial charge in [0.25, 0.3) is 0 Å². The molecule has 0 atom stereocenters. The van der Waals surface area contributed by atoms with Crippen LogP contribution in [-0.4, -0.2) is 65.2 Å². The van der Waals surface area contributed by atoms with Gasteiger partial charge in [-0.2, -0.15) is 0 Å². The zero-order valence-electron chi connectivity index (χ0n) is 19.6. The average molecular weight is 459 g/mol. The van der Waals surface area contributed by atoms with Crippen molar-refractivity contribution in [1.82, 2.24) is 19.7 Å². The number of nitrogens with zero attached hydrogens (tertiary/aromatic N) is 3. The summed E-state index contributed by atoms with van der Waals surface area (Å²) >= 11 is 0. The number of nitrogens with one attached hydrogen (secondary N) is 1. The molecule has 0 aliphatic rings. The normalized spacial score (nSPS) is 11.7. The molecule has 8 nitrogen and oxygen atoms in total. The summed E-state index contributed by atoms with van der Waals surface area (Å²) in [6.07, 6.45) is 1.64. The molecule has 1 amide bonds. The van der Waals surface area contributed by atoms with E-state index >= 15 is 0 Å². The van der Waals surface area contributed by atoms with Crippen LogP contribution in [0.1, 0.15) is 11.3 Å². The fourth-order valence-electron chi connectivity index (χ4n) is 3.57. The Morgan fingerprint density at radius 2 is 1.94 bits per heavy atom. The molecule has 9 heteroatoms. The number of carbonyl (C=O) groups is 1. The fraction of sp³-hybridized carbons (Fsp3) is 0.478. The quantitative estimate of drug-likeness (QED) is 0.325. The summed E-state index contributed by atoms with van der Waals surface area (Å²) in [6.45, 7) is 10.7. The molecule has 2 heterocycles. The Balaban J connectivity index is 1.62. The number of aromatic amines is 1. The van der Waals surface area contributed by atoms with E-state index in [2.05, 4.69) is 29.7 Å². The molecule has 2 N–H and O–H groups in total. The second-order valence-corrected chi connectivity index (χ2v) is 14.9. The minimum Gasteiger partial charge on any atom is -0.490 e. The average Bonchev–Trinajstić information content (AvgIpc) is 3.26. The van der Waals surface area contributed by atoms with Crippen molar-refractivity contribution in [1.29, 1.82) is 0 Å². The first kappa shape index (κ1) is 23.7. The highest BCUT2D eigenvalue weighted by atomic mass is 28.3. The number of carboxylic acid groups (broad SMARTS) is 1. The third-order valence-electron chi connectivity index (χ3n) is 5.42. The van der Waals surface area contributed by atoms with Crippen LogP contribution < -0.4 is 9.47 Å². The lowest BCUT2D eigenvalue weighted by atomic mass is 10.1. The number of fused-ring (bicyclic) bond motifs is 1. The molecule has 0 radical (unpaired) electrons. The molecule has 1 aromatic carbocycles. The summed E-state index contributed by atoms with van der Waals surface area (Å²) in [7, 11) is 0.541. The van der Waals surface area contributed by atoms with E-state index in [0.717, 1.165) is 34.0 Å². The molecule has 3 aromatic rings. The summed E-state index contributed by atoms with van der Waals surface area (Å²) in [5, 5.41) is 14.9. The van der Waals surface area contributed by atoms with Crippen LogP contribution in [0.3, 0.4) is 0 Å². The van der Waals surface area contributed by atoms with Crippen LogP contribution in [0.15, 0.2) is 30.5 Å². The van der Waals surface area contributed by atoms with Gasteiger partial charge in [0.2, 0.25) is 5.88 Å². The lowest BCUT2D eigenvalue weighted by molar-refractivity contribution is 0.148. The Hall–Kier alpha value is -2.94. The van der Waals surface area contributed by atoms with Crippen LogP contribution in [0.2, 0.25) is 25.7 Å². The highest BCUT2D eigenvalue weighted by Crippen LogP contribution is 2.27. The highest BCUT2D eigenvalue weighted by Gasteiger charge is 2.19. The Kier molecular flexibility index (Phi) is 7.50.